The van der Waals surface area contributed by atoms with Gasteiger partial charge in [-0.05, 0) is 25.2 Å². The van der Waals surface area contributed by atoms with Gasteiger partial charge in [-0.2, -0.15) is 0 Å². The fourth-order valence-electron chi connectivity index (χ4n) is 1.53. The van der Waals surface area contributed by atoms with Gasteiger partial charge in [0.25, 0.3) is 0 Å². The molecule has 1 fully saturated rings. The predicted molar refractivity (Wildman–Crippen MR) is 47.7 cm³/mol. The van der Waals surface area contributed by atoms with Gasteiger partial charge in [0.15, 0.2) is 0 Å². The summed E-state index contributed by atoms with van der Waals surface area (Å²) in [4.78, 5) is 0. The van der Waals surface area contributed by atoms with Crippen LogP contribution in [0.2, 0.25) is 0 Å². The molecule has 0 aliphatic heterocycles. The summed E-state index contributed by atoms with van der Waals surface area (Å²) in [5, 5.41) is 0. The lowest BCUT2D eigenvalue weighted by Gasteiger charge is -2.11. The molecule has 0 N–H and O–H groups in total. The molecule has 1 saturated carbocycles. The minimum absolute atomic E-state index is 0.605. The normalized spacial score (nSPS) is 19.9. The van der Waals surface area contributed by atoms with Crippen LogP contribution in [0.25, 0.3) is 0 Å². The molecule has 0 radical (unpaired) electrons. The van der Waals surface area contributed by atoms with E-state index in [9.17, 15) is 0 Å². The quantitative estimate of drug-likeness (QED) is 0.608. The third-order valence-corrected chi connectivity index (χ3v) is 2.35. The highest BCUT2D eigenvalue weighted by molar-refractivity contribution is 4.66. The van der Waals surface area contributed by atoms with E-state index in [4.69, 9.17) is 4.74 Å². The monoisotopic (exact) mass is 156 g/mol. The van der Waals surface area contributed by atoms with Crippen LogP contribution in [0.1, 0.15) is 46.0 Å². The highest BCUT2D eigenvalue weighted by atomic mass is 16.5. The molecular weight excluding hydrogens is 136 g/mol. The van der Waals surface area contributed by atoms with E-state index < -0.39 is 0 Å². The SMILES string of the molecule is CC(C)CCOC1CCCC1. The largest absolute Gasteiger partial charge is 0.378 e. The summed E-state index contributed by atoms with van der Waals surface area (Å²) in [7, 11) is 0. The van der Waals surface area contributed by atoms with Gasteiger partial charge < -0.3 is 4.74 Å². The Labute approximate surface area is 70.1 Å². The molecule has 11 heavy (non-hydrogen) atoms. The van der Waals surface area contributed by atoms with E-state index in [2.05, 4.69) is 13.8 Å². The van der Waals surface area contributed by atoms with Crippen molar-refractivity contribution in [3.05, 3.63) is 0 Å². The van der Waals surface area contributed by atoms with Gasteiger partial charge >= 0.3 is 0 Å². The van der Waals surface area contributed by atoms with Gasteiger partial charge in [-0.3, -0.25) is 0 Å². The first-order valence-electron chi connectivity index (χ1n) is 4.90. The molecule has 66 valence electrons. The lowest BCUT2D eigenvalue weighted by Crippen LogP contribution is -2.09. The molecule has 0 aromatic heterocycles. The van der Waals surface area contributed by atoms with Crippen LogP contribution in [0.3, 0.4) is 0 Å². The van der Waals surface area contributed by atoms with Gasteiger partial charge in [-0.1, -0.05) is 26.7 Å². The van der Waals surface area contributed by atoms with Crippen LogP contribution in [0.15, 0.2) is 0 Å². The molecule has 0 atom stereocenters. The highest BCUT2D eigenvalue weighted by Crippen LogP contribution is 2.21. The maximum atomic E-state index is 5.71. The lowest BCUT2D eigenvalue weighted by molar-refractivity contribution is 0.0515. The molecule has 0 aromatic rings. The number of hydrogen-bond donors (Lipinski definition) is 0. The summed E-state index contributed by atoms with van der Waals surface area (Å²) >= 11 is 0. The van der Waals surface area contributed by atoms with Crippen molar-refractivity contribution >= 4 is 0 Å². The van der Waals surface area contributed by atoms with Crippen molar-refractivity contribution in [3.8, 4) is 0 Å². The third-order valence-electron chi connectivity index (χ3n) is 2.35. The Morgan fingerprint density at radius 3 is 2.45 bits per heavy atom. The summed E-state index contributed by atoms with van der Waals surface area (Å²) in [5.74, 6) is 0.788. The molecule has 0 aromatic carbocycles. The summed E-state index contributed by atoms with van der Waals surface area (Å²) in [6.07, 6.45) is 7.19. The second-order valence-electron chi connectivity index (χ2n) is 3.96. The van der Waals surface area contributed by atoms with Gasteiger partial charge in [0.2, 0.25) is 0 Å². The Bertz CT molecular complexity index is 93.0. The summed E-state index contributed by atoms with van der Waals surface area (Å²) in [5.41, 5.74) is 0. The van der Waals surface area contributed by atoms with Gasteiger partial charge in [0, 0.05) is 6.61 Å². The van der Waals surface area contributed by atoms with Crippen LogP contribution in [0, 0.1) is 5.92 Å². The average molecular weight is 156 g/mol. The van der Waals surface area contributed by atoms with E-state index in [1.165, 1.54) is 32.1 Å². The molecule has 1 aliphatic rings. The zero-order valence-corrected chi connectivity index (χ0v) is 7.81. The van der Waals surface area contributed by atoms with Crippen LogP contribution >= 0.6 is 0 Å². The van der Waals surface area contributed by atoms with E-state index in [-0.39, 0.29) is 0 Å². The first kappa shape index (κ1) is 9.05. The summed E-state index contributed by atoms with van der Waals surface area (Å²) < 4.78 is 5.71. The number of hydrogen-bond acceptors (Lipinski definition) is 1. The van der Waals surface area contributed by atoms with Crippen molar-refractivity contribution in [1.29, 1.82) is 0 Å². The molecule has 0 unspecified atom stereocenters. The maximum Gasteiger partial charge on any atom is 0.0575 e. The second-order valence-corrected chi connectivity index (χ2v) is 3.96. The van der Waals surface area contributed by atoms with Gasteiger partial charge in [-0.15, -0.1) is 0 Å². The molecule has 0 amide bonds. The van der Waals surface area contributed by atoms with Crippen molar-refractivity contribution in [2.75, 3.05) is 6.61 Å². The molecule has 0 saturated heterocycles. The Hall–Kier alpha value is -0.0400. The Morgan fingerprint density at radius 2 is 1.91 bits per heavy atom. The van der Waals surface area contributed by atoms with E-state index in [0.29, 0.717) is 6.10 Å². The van der Waals surface area contributed by atoms with Crippen LogP contribution in [0.4, 0.5) is 0 Å². The summed E-state index contributed by atoms with van der Waals surface area (Å²) in [6, 6.07) is 0. The average Bonchev–Trinajstić information content (AvgIpc) is 2.39. The van der Waals surface area contributed by atoms with E-state index in [1.54, 1.807) is 0 Å². The minimum Gasteiger partial charge on any atom is -0.378 e. The molecule has 1 nitrogen and oxygen atoms in total. The Balaban J connectivity index is 1.94. The third kappa shape index (κ3) is 3.76. The van der Waals surface area contributed by atoms with Crippen LogP contribution in [0.5, 0.6) is 0 Å². The first-order chi connectivity index (χ1) is 5.29. The smallest absolute Gasteiger partial charge is 0.0575 e. The van der Waals surface area contributed by atoms with Crippen molar-refractivity contribution in [3.63, 3.8) is 0 Å². The van der Waals surface area contributed by atoms with E-state index in [0.717, 1.165) is 12.5 Å². The number of ether oxygens (including phenoxy) is 1. The summed E-state index contributed by atoms with van der Waals surface area (Å²) in [6.45, 7) is 5.47. The first-order valence-corrected chi connectivity index (χ1v) is 4.90. The van der Waals surface area contributed by atoms with E-state index in [1.807, 2.05) is 0 Å². The maximum absolute atomic E-state index is 5.71. The standard InChI is InChI=1S/C10H20O/c1-9(2)7-8-11-10-5-3-4-6-10/h9-10H,3-8H2,1-2H3. The Morgan fingerprint density at radius 1 is 1.27 bits per heavy atom. The van der Waals surface area contributed by atoms with Gasteiger partial charge in [-0.25, -0.2) is 0 Å². The van der Waals surface area contributed by atoms with Crippen molar-refractivity contribution < 1.29 is 4.74 Å². The zero-order valence-electron chi connectivity index (χ0n) is 7.81. The Kier molecular flexibility index (Phi) is 3.92. The van der Waals surface area contributed by atoms with Crippen molar-refractivity contribution in [2.45, 2.75) is 52.1 Å². The van der Waals surface area contributed by atoms with Gasteiger partial charge in [0.05, 0.1) is 6.10 Å². The van der Waals surface area contributed by atoms with Crippen LogP contribution < -0.4 is 0 Å². The fraction of sp³-hybridized carbons (Fsp3) is 1.00. The molecule has 1 heteroatoms. The van der Waals surface area contributed by atoms with Crippen LogP contribution in [-0.2, 0) is 4.74 Å². The van der Waals surface area contributed by atoms with Crippen molar-refractivity contribution in [1.82, 2.24) is 0 Å². The molecule has 0 bridgehead atoms. The lowest BCUT2D eigenvalue weighted by atomic mass is 10.1. The second kappa shape index (κ2) is 4.76. The number of rotatable bonds is 4. The minimum atomic E-state index is 0.605. The predicted octanol–water partition coefficient (Wildman–Crippen LogP) is 2.99. The molecule has 1 aliphatic carbocycles. The highest BCUT2D eigenvalue weighted by Gasteiger charge is 2.14. The van der Waals surface area contributed by atoms with E-state index >= 15 is 0 Å². The molecule has 1 rings (SSSR count). The molecule has 0 heterocycles. The molecule has 0 spiro atoms. The fourth-order valence-corrected chi connectivity index (χ4v) is 1.53. The zero-order chi connectivity index (χ0) is 8.10. The van der Waals surface area contributed by atoms with Crippen LogP contribution in [-0.4, -0.2) is 12.7 Å². The van der Waals surface area contributed by atoms with Crippen molar-refractivity contribution in [2.24, 2.45) is 5.92 Å². The van der Waals surface area contributed by atoms with Gasteiger partial charge in [0.1, 0.15) is 0 Å². The molecular formula is C10H20O. The topological polar surface area (TPSA) is 9.23 Å².